The summed E-state index contributed by atoms with van der Waals surface area (Å²) in [6.45, 7) is 4.64. The molecule has 0 amide bonds. The molecule has 0 rings (SSSR count). The number of carbonyl (C=O) groups excluding carboxylic acids is 1. The summed E-state index contributed by atoms with van der Waals surface area (Å²) in [7, 11) is 0. The number of carbonyl (C=O) groups is 1. The van der Waals surface area contributed by atoms with E-state index in [2.05, 4.69) is 5.32 Å². The molecule has 0 spiro atoms. The molecule has 4 heteroatoms. The number of ether oxygens (including phenoxy) is 1. The van der Waals surface area contributed by atoms with Crippen molar-refractivity contribution in [3.05, 3.63) is 0 Å². The van der Waals surface area contributed by atoms with Crippen LogP contribution in [0.1, 0.15) is 26.2 Å². The summed E-state index contributed by atoms with van der Waals surface area (Å²) < 4.78 is 4.77. The molecule has 3 N–H and O–H groups in total. The van der Waals surface area contributed by atoms with Gasteiger partial charge in [-0.1, -0.05) is 0 Å². The SMILES string of the molecule is CCOC(=O)CCNCCCCN. The fourth-order valence-electron chi connectivity index (χ4n) is 0.943. The van der Waals surface area contributed by atoms with Crippen molar-refractivity contribution in [2.45, 2.75) is 26.2 Å². The second-order valence-electron chi connectivity index (χ2n) is 2.80. The van der Waals surface area contributed by atoms with E-state index in [1.165, 1.54) is 0 Å². The Hall–Kier alpha value is -0.610. The van der Waals surface area contributed by atoms with Gasteiger partial charge in [0, 0.05) is 6.54 Å². The minimum Gasteiger partial charge on any atom is -0.466 e. The van der Waals surface area contributed by atoms with Crippen LogP contribution in [0.15, 0.2) is 0 Å². The first-order valence-corrected chi connectivity index (χ1v) is 4.87. The van der Waals surface area contributed by atoms with Crippen LogP contribution in [-0.2, 0) is 9.53 Å². The number of rotatable bonds is 8. The lowest BCUT2D eigenvalue weighted by atomic mass is 10.3. The van der Waals surface area contributed by atoms with Crippen LogP contribution in [0.2, 0.25) is 0 Å². The van der Waals surface area contributed by atoms with Gasteiger partial charge in [-0.15, -0.1) is 0 Å². The third-order valence-electron chi connectivity index (χ3n) is 1.62. The molecular weight excluding hydrogens is 168 g/mol. The van der Waals surface area contributed by atoms with Crippen molar-refractivity contribution in [1.29, 1.82) is 0 Å². The Morgan fingerprint density at radius 2 is 2.15 bits per heavy atom. The molecule has 0 bridgehead atoms. The first-order valence-electron chi connectivity index (χ1n) is 4.87. The van der Waals surface area contributed by atoms with Crippen molar-refractivity contribution in [3.63, 3.8) is 0 Å². The van der Waals surface area contributed by atoms with Crippen LogP contribution in [0.25, 0.3) is 0 Å². The van der Waals surface area contributed by atoms with Gasteiger partial charge in [0.25, 0.3) is 0 Å². The molecule has 0 aromatic heterocycles. The number of hydrogen-bond donors (Lipinski definition) is 2. The number of hydrogen-bond acceptors (Lipinski definition) is 4. The topological polar surface area (TPSA) is 64.3 Å². The zero-order chi connectivity index (χ0) is 9.94. The molecule has 0 atom stereocenters. The Morgan fingerprint density at radius 3 is 2.77 bits per heavy atom. The smallest absolute Gasteiger partial charge is 0.307 e. The van der Waals surface area contributed by atoms with Crippen LogP contribution in [0.4, 0.5) is 0 Å². The molecule has 0 saturated carbocycles. The number of nitrogens with one attached hydrogen (secondary N) is 1. The lowest BCUT2D eigenvalue weighted by Crippen LogP contribution is -2.21. The van der Waals surface area contributed by atoms with Gasteiger partial charge in [-0.05, 0) is 32.9 Å². The van der Waals surface area contributed by atoms with Gasteiger partial charge in [0.2, 0.25) is 0 Å². The lowest BCUT2D eigenvalue weighted by molar-refractivity contribution is -0.142. The van der Waals surface area contributed by atoms with E-state index in [1.807, 2.05) is 6.92 Å². The minimum atomic E-state index is -0.131. The minimum absolute atomic E-state index is 0.131. The summed E-state index contributed by atoms with van der Waals surface area (Å²) in [5, 5.41) is 3.15. The summed E-state index contributed by atoms with van der Waals surface area (Å²) >= 11 is 0. The largest absolute Gasteiger partial charge is 0.466 e. The van der Waals surface area contributed by atoms with E-state index in [9.17, 15) is 4.79 Å². The summed E-state index contributed by atoms with van der Waals surface area (Å²) in [5.74, 6) is -0.131. The molecule has 0 radical (unpaired) electrons. The van der Waals surface area contributed by atoms with Gasteiger partial charge in [0.05, 0.1) is 13.0 Å². The van der Waals surface area contributed by atoms with E-state index in [1.54, 1.807) is 0 Å². The fraction of sp³-hybridized carbons (Fsp3) is 0.889. The Kier molecular flexibility index (Phi) is 9.03. The van der Waals surface area contributed by atoms with Gasteiger partial charge in [-0.3, -0.25) is 4.79 Å². The average molecular weight is 188 g/mol. The monoisotopic (exact) mass is 188 g/mol. The van der Waals surface area contributed by atoms with E-state index in [0.29, 0.717) is 19.6 Å². The van der Waals surface area contributed by atoms with Crippen molar-refractivity contribution in [3.8, 4) is 0 Å². The highest BCUT2D eigenvalue weighted by molar-refractivity contribution is 5.69. The highest BCUT2D eigenvalue weighted by Crippen LogP contribution is 1.86. The number of esters is 1. The van der Waals surface area contributed by atoms with E-state index < -0.39 is 0 Å². The van der Waals surface area contributed by atoms with Crippen LogP contribution < -0.4 is 11.1 Å². The van der Waals surface area contributed by atoms with Gasteiger partial charge in [-0.25, -0.2) is 0 Å². The van der Waals surface area contributed by atoms with E-state index in [4.69, 9.17) is 10.5 Å². The summed E-state index contributed by atoms with van der Waals surface area (Å²) in [4.78, 5) is 10.8. The molecule has 4 nitrogen and oxygen atoms in total. The normalized spacial score (nSPS) is 10.0. The summed E-state index contributed by atoms with van der Waals surface area (Å²) in [6.07, 6.45) is 2.56. The predicted octanol–water partition coefficient (Wildman–Crippen LogP) is 0.268. The quantitative estimate of drug-likeness (QED) is 0.424. The number of nitrogens with two attached hydrogens (primary N) is 1. The first-order chi connectivity index (χ1) is 6.31. The van der Waals surface area contributed by atoms with Crippen LogP contribution in [0.3, 0.4) is 0 Å². The van der Waals surface area contributed by atoms with Crippen LogP contribution in [-0.4, -0.2) is 32.2 Å². The Labute approximate surface area is 79.8 Å². The van der Waals surface area contributed by atoms with E-state index in [0.717, 1.165) is 25.9 Å². The maximum absolute atomic E-state index is 10.8. The maximum Gasteiger partial charge on any atom is 0.307 e. The van der Waals surface area contributed by atoms with Gasteiger partial charge < -0.3 is 15.8 Å². The second-order valence-corrected chi connectivity index (χ2v) is 2.80. The van der Waals surface area contributed by atoms with Crippen LogP contribution in [0.5, 0.6) is 0 Å². The zero-order valence-electron chi connectivity index (χ0n) is 8.34. The van der Waals surface area contributed by atoms with Gasteiger partial charge in [0.15, 0.2) is 0 Å². The van der Waals surface area contributed by atoms with Crippen molar-refractivity contribution < 1.29 is 9.53 Å². The Bertz CT molecular complexity index is 129. The second kappa shape index (κ2) is 9.48. The third-order valence-corrected chi connectivity index (χ3v) is 1.62. The first kappa shape index (κ1) is 12.4. The molecule has 78 valence electrons. The predicted molar refractivity (Wildman–Crippen MR) is 52.4 cm³/mol. The summed E-state index contributed by atoms with van der Waals surface area (Å²) in [6, 6.07) is 0. The van der Waals surface area contributed by atoms with Crippen molar-refractivity contribution in [1.82, 2.24) is 5.32 Å². The number of unbranched alkanes of at least 4 members (excludes halogenated alkanes) is 1. The molecular formula is C9H20N2O2. The molecule has 0 fully saturated rings. The molecule has 0 aliphatic carbocycles. The summed E-state index contributed by atoms with van der Waals surface area (Å²) in [5.41, 5.74) is 5.33. The molecule has 0 unspecified atom stereocenters. The zero-order valence-corrected chi connectivity index (χ0v) is 8.34. The van der Waals surface area contributed by atoms with Crippen molar-refractivity contribution in [2.75, 3.05) is 26.2 Å². The Balaban J connectivity index is 3.02. The van der Waals surface area contributed by atoms with Gasteiger partial charge >= 0.3 is 5.97 Å². The molecule has 0 aromatic rings. The highest BCUT2D eigenvalue weighted by Gasteiger charge is 1.99. The molecule has 0 aliphatic rings. The molecule has 13 heavy (non-hydrogen) atoms. The van der Waals surface area contributed by atoms with E-state index >= 15 is 0 Å². The van der Waals surface area contributed by atoms with Crippen LogP contribution >= 0.6 is 0 Å². The van der Waals surface area contributed by atoms with Crippen molar-refractivity contribution in [2.24, 2.45) is 5.73 Å². The van der Waals surface area contributed by atoms with Crippen LogP contribution in [0, 0.1) is 0 Å². The standard InChI is InChI=1S/C9H20N2O2/c1-2-13-9(12)5-8-11-7-4-3-6-10/h11H,2-8,10H2,1H3. The Morgan fingerprint density at radius 1 is 1.38 bits per heavy atom. The molecule has 0 heterocycles. The van der Waals surface area contributed by atoms with Gasteiger partial charge in [-0.2, -0.15) is 0 Å². The van der Waals surface area contributed by atoms with E-state index in [-0.39, 0.29) is 5.97 Å². The molecule has 0 aliphatic heterocycles. The van der Waals surface area contributed by atoms with Gasteiger partial charge in [0.1, 0.15) is 0 Å². The molecule has 0 saturated heterocycles. The molecule has 0 aromatic carbocycles. The average Bonchev–Trinajstić information content (AvgIpc) is 2.11. The fourth-order valence-corrected chi connectivity index (χ4v) is 0.943. The highest BCUT2D eigenvalue weighted by atomic mass is 16.5. The van der Waals surface area contributed by atoms with Crippen molar-refractivity contribution >= 4 is 5.97 Å². The third kappa shape index (κ3) is 9.30. The lowest BCUT2D eigenvalue weighted by Gasteiger charge is -2.03. The maximum atomic E-state index is 10.8.